The van der Waals surface area contributed by atoms with Crippen LogP contribution in [0.3, 0.4) is 0 Å². The van der Waals surface area contributed by atoms with Crippen molar-refractivity contribution < 1.29 is 14.6 Å². The molecule has 3 aromatic rings. The Labute approximate surface area is 171 Å². The van der Waals surface area contributed by atoms with E-state index in [0.717, 1.165) is 28.1 Å². The van der Waals surface area contributed by atoms with Crippen LogP contribution in [0.25, 0.3) is 10.9 Å². The third kappa shape index (κ3) is 4.86. The molecule has 0 unspecified atom stereocenters. The molecule has 0 bridgehead atoms. The van der Waals surface area contributed by atoms with E-state index >= 15 is 0 Å². The number of carboxylic acid groups (broad SMARTS) is 1. The zero-order valence-corrected chi connectivity index (χ0v) is 17.4. The van der Waals surface area contributed by atoms with E-state index in [9.17, 15) is 4.79 Å². The van der Waals surface area contributed by atoms with Gasteiger partial charge in [-0.15, -0.1) is 0 Å². The monoisotopic (exact) mass is 392 g/mol. The number of hydrogen-bond donors (Lipinski definition) is 1. The zero-order chi connectivity index (χ0) is 21.0. The summed E-state index contributed by atoms with van der Waals surface area (Å²) in [5, 5.41) is 14.9. The highest BCUT2D eigenvalue weighted by molar-refractivity contribution is 5.82. The van der Waals surface area contributed by atoms with Gasteiger partial charge in [-0.05, 0) is 57.0 Å². The normalized spacial score (nSPS) is 12.7. The van der Waals surface area contributed by atoms with E-state index in [4.69, 9.17) is 9.84 Å². The predicted octanol–water partition coefficient (Wildman–Crippen LogP) is 5.64. The van der Waals surface area contributed by atoms with Crippen molar-refractivity contribution in [2.24, 2.45) is 0 Å². The van der Waals surface area contributed by atoms with Crippen molar-refractivity contribution in [1.29, 1.82) is 0 Å². The molecule has 1 N–H and O–H groups in total. The Morgan fingerprint density at radius 2 is 1.93 bits per heavy atom. The molecule has 0 aliphatic rings. The number of carbonyl (C=O) groups is 1. The van der Waals surface area contributed by atoms with Gasteiger partial charge >= 0.3 is 5.97 Å². The second kappa shape index (κ2) is 8.95. The molecule has 0 radical (unpaired) electrons. The molecule has 0 aliphatic carbocycles. The summed E-state index contributed by atoms with van der Waals surface area (Å²) in [6, 6.07) is 14.3. The molecule has 0 spiro atoms. The Hall–Kier alpha value is -3.08. The van der Waals surface area contributed by atoms with E-state index in [-0.39, 0.29) is 12.3 Å². The first kappa shape index (κ1) is 20.6. The van der Waals surface area contributed by atoms with Crippen molar-refractivity contribution in [1.82, 2.24) is 9.78 Å². The molecule has 5 nitrogen and oxygen atoms in total. The van der Waals surface area contributed by atoms with Gasteiger partial charge in [-0.2, -0.15) is 5.10 Å². The highest BCUT2D eigenvalue weighted by Crippen LogP contribution is 2.26. The van der Waals surface area contributed by atoms with Crippen LogP contribution >= 0.6 is 0 Å². The number of aryl methyl sites for hydroxylation is 1. The first-order chi connectivity index (χ1) is 13.9. The standard InChI is InChI=1S/C24H28N2O3/c1-5-6-20(14-24(27)28)19-8-10-21(11-9-19)29-15-18-7-12-22-17(4)25-26(16(2)3)23(22)13-18/h5-13,16,20H,14-15H2,1-4H3,(H,27,28)/t20-/m1/s1. The van der Waals surface area contributed by atoms with Gasteiger partial charge in [0.15, 0.2) is 0 Å². The Balaban J connectivity index is 1.73. The fourth-order valence-electron chi connectivity index (χ4n) is 3.52. The summed E-state index contributed by atoms with van der Waals surface area (Å²) < 4.78 is 8.01. The molecule has 0 saturated carbocycles. The Kier molecular flexibility index (Phi) is 6.37. The minimum absolute atomic E-state index is 0.0769. The SMILES string of the molecule is CC=C[C@H](CC(=O)O)c1ccc(OCc2ccc3c(C)nn(C(C)C)c3c2)cc1. The molecule has 2 aromatic carbocycles. The van der Waals surface area contributed by atoms with Gasteiger partial charge in [0.2, 0.25) is 0 Å². The topological polar surface area (TPSA) is 64.3 Å². The minimum Gasteiger partial charge on any atom is -0.489 e. The maximum absolute atomic E-state index is 11.1. The second-order valence-electron chi connectivity index (χ2n) is 7.56. The molecule has 29 heavy (non-hydrogen) atoms. The second-order valence-corrected chi connectivity index (χ2v) is 7.56. The third-order valence-corrected chi connectivity index (χ3v) is 4.98. The average Bonchev–Trinajstić information content (AvgIpc) is 3.02. The van der Waals surface area contributed by atoms with Crippen LogP contribution in [0.15, 0.2) is 54.6 Å². The zero-order valence-electron chi connectivity index (χ0n) is 17.4. The van der Waals surface area contributed by atoms with Gasteiger partial charge in [0, 0.05) is 17.3 Å². The number of allylic oxidation sites excluding steroid dienone is 2. The average molecular weight is 392 g/mol. The lowest BCUT2D eigenvalue weighted by Gasteiger charge is -2.12. The van der Waals surface area contributed by atoms with Crippen molar-refractivity contribution in [2.45, 2.75) is 52.7 Å². The summed E-state index contributed by atoms with van der Waals surface area (Å²) in [6.45, 7) is 8.65. The smallest absolute Gasteiger partial charge is 0.304 e. The van der Waals surface area contributed by atoms with Crippen LogP contribution in [0.4, 0.5) is 0 Å². The van der Waals surface area contributed by atoms with Crippen molar-refractivity contribution in [2.75, 3.05) is 0 Å². The van der Waals surface area contributed by atoms with Crippen molar-refractivity contribution in [3.8, 4) is 5.75 Å². The van der Waals surface area contributed by atoms with Crippen LogP contribution < -0.4 is 4.74 Å². The number of benzene rings is 2. The molecule has 0 amide bonds. The fourth-order valence-corrected chi connectivity index (χ4v) is 3.52. The maximum atomic E-state index is 11.1. The molecular weight excluding hydrogens is 364 g/mol. The Morgan fingerprint density at radius 1 is 1.21 bits per heavy atom. The molecule has 152 valence electrons. The lowest BCUT2D eigenvalue weighted by molar-refractivity contribution is -0.137. The summed E-state index contributed by atoms with van der Waals surface area (Å²) in [6.07, 6.45) is 3.88. The van der Waals surface area contributed by atoms with Crippen molar-refractivity contribution in [3.05, 3.63) is 71.4 Å². The number of ether oxygens (including phenoxy) is 1. The Morgan fingerprint density at radius 3 is 2.55 bits per heavy atom. The number of rotatable bonds is 8. The lowest BCUT2D eigenvalue weighted by Crippen LogP contribution is -2.04. The first-order valence-electron chi connectivity index (χ1n) is 9.94. The van der Waals surface area contributed by atoms with Gasteiger partial charge in [0.05, 0.1) is 17.6 Å². The number of carboxylic acids is 1. The summed E-state index contributed by atoms with van der Waals surface area (Å²) in [4.78, 5) is 11.1. The van der Waals surface area contributed by atoms with Crippen LogP contribution in [0.5, 0.6) is 5.75 Å². The molecule has 1 heterocycles. The van der Waals surface area contributed by atoms with E-state index in [1.165, 1.54) is 5.39 Å². The summed E-state index contributed by atoms with van der Waals surface area (Å²) >= 11 is 0. The van der Waals surface area contributed by atoms with Crippen LogP contribution in [-0.2, 0) is 11.4 Å². The maximum Gasteiger partial charge on any atom is 0.304 e. The molecule has 1 atom stereocenters. The molecule has 5 heteroatoms. The summed E-state index contributed by atoms with van der Waals surface area (Å²) in [7, 11) is 0. The summed E-state index contributed by atoms with van der Waals surface area (Å²) in [5.74, 6) is -0.176. The van der Waals surface area contributed by atoms with Crippen LogP contribution in [0.2, 0.25) is 0 Å². The van der Waals surface area contributed by atoms with E-state index in [0.29, 0.717) is 12.6 Å². The van der Waals surface area contributed by atoms with Crippen molar-refractivity contribution in [3.63, 3.8) is 0 Å². The number of hydrogen-bond acceptors (Lipinski definition) is 3. The van der Waals surface area contributed by atoms with Crippen LogP contribution in [0.1, 0.15) is 56.0 Å². The lowest BCUT2D eigenvalue weighted by atomic mass is 9.95. The molecule has 0 fully saturated rings. The van der Waals surface area contributed by atoms with E-state index in [1.54, 1.807) is 0 Å². The molecule has 1 aromatic heterocycles. The predicted molar refractivity (Wildman–Crippen MR) is 115 cm³/mol. The van der Waals surface area contributed by atoms with E-state index < -0.39 is 5.97 Å². The van der Waals surface area contributed by atoms with E-state index in [1.807, 2.05) is 54.9 Å². The van der Waals surface area contributed by atoms with E-state index in [2.05, 4.69) is 37.1 Å². The molecule has 3 rings (SSSR count). The van der Waals surface area contributed by atoms with Gasteiger partial charge in [0.1, 0.15) is 12.4 Å². The fraction of sp³-hybridized carbons (Fsp3) is 0.333. The number of nitrogens with zero attached hydrogens (tertiary/aromatic N) is 2. The van der Waals surface area contributed by atoms with Crippen LogP contribution in [-0.4, -0.2) is 20.9 Å². The van der Waals surface area contributed by atoms with Gasteiger partial charge < -0.3 is 9.84 Å². The van der Waals surface area contributed by atoms with Crippen LogP contribution in [0, 0.1) is 6.92 Å². The van der Waals surface area contributed by atoms with Gasteiger partial charge in [-0.3, -0.25) is 9.48 Å². The molecule has 0 saturated heterocycles. The van der Waals surface area contributed by atoms with Gasteiger partial charge in [-0.1, -0.05) is 36.4 Å². The summed E-state index contributed by atoms with van der Waals surface area (Å²) in [5.41, 5.74) is 4.21. The Bertz CT molecular complexity index is 1020. The third-order valence-electron chi connectivity index (χ3n) is 4.98. The first-order valence-corrected chi connectivity index (χ1v) is 9.94. The van der Waals surface area contributed by atoms with Crippen molar-refractivity contribution >= 4 is 16.9 Å². The number of fused-ring (bicyclic) bond motifs is 1. The van der Waals surface area contributed by atoms with Gasteiger partial charge in [0.25, 0.3) is 0 Å². The minimum atomic E-state index is -0.806. The highest BCUT2D eigenvalue weighted by atomic mass is 16.5. The highest BCUT2D eigenvalue weighted by Gasteiger charge is 2.13. The van der Waals surface area contributed by atoms with Gasteiger partial charge in [-0.25, -0.2) is 0 Å². The number of aliphatic carboxylic acids is 1. The largest absolute Gasteiger partial charge is 0.489 e. The molecule has 0 aliphatic heterocycles. The molecular formula is C24H28N2O3. The number of aromatic nitrogens is 2. The quantitative estimate of drug-likeness (QED) is 0.504.